The lowest BCUT2D eigenvalue weighted by Gasteiger charge is -2.13. The molecule has 0 aliphatic carbocycles. The largest absolute Gasteiger partial charge is 0.488 e. The summed E-state index contributed by atoms with van der Waals surface area (Å²) in [6, 6.07) is 16.6. The molecule has 1 amide bonds. The maximum Gasteiger partial charge on any atom is 0.272 e. The number of halogens is 3. The topological polar surface area (TPSA) is 50.7 Å². The third-order valence-corrected chi connectivity index (χ3v) is 5.41. The fourth-order valence-corrected chi connectivity index (χ4v) is 3.68. The number of rotatable bonds is 6. The van der Waals surface area contributed by atoms with Gasteiger partial charge < -0.3 is 4.74 Å². The predicted molar refractivity (Wildman–Crippen MR) is 126 cm³/mol. The van der Waals surface area contributed by atoms with E-state index in [0.717, 1.165) is 32.5 Å². The van der Waals surface area contributed by atoms with Gasteiger partial charge in [0.1, 0.15) is 12.4 Å². The molecule has 0 aliphatic rings. The molecule has 3 rings (SSSR count). The monoisotopic (exact) mass is 504 g/mol. The van der Waals surface area contributed by atoms with Crippen molar-refractivity contribution >= 4 is 51.3 Å². The highest BCUT2D eigenvalue weighted by Gasteiger charge is 2.10. The van der Waals surface area contributed by atoms with Crippen molar-refractivity contribution in [1.29, 1.82) is 0 Å². The first kappa shape index (κ1) is 22.3. The summed E-state index contributed by atoms with van der Waals surface area (Å²) in [6.07, 6.45) is 1.58. The number of amides is 1. The summed E-state index contributed by atoms with van der Waals surface area (Å²) >= 11 is 15.3. The van der Waals surface area contributed by atoms with Gasteiger partial charge in [0, 0.05) is 9.50 Å². The zero-order valence-electron chi connectivity index (χ0n) is 16.4. The van der Waals surface area contributed by atoms with Gasteiger partial charge in [0.05, 0.1) is 16.8 Å². The zero-order chi connectivity index (χ0) is 21.7. The Bertz CT molecular complexity index is 1080. The quantitative estimate of drug-likeness (QED) is 0.298. The molecule has 0 bridgehead atoms. The summed E-state index contributed by atoms with van der Waals surface area (Å²) < 4.78 is 7.05. The van der Waals surface area contributed by atoms with Crippen molar-refractivity contribution in [1.82, 2.24) is 5.43 Å². The predicted octanol–water partition coefficient (Wildman–Crippen LogP) is 6.72. The molecule has 154 valence electrons. The average molecular weight is 506 g/mol. The molecule has 0 atom stereocenters. The van der Waals surface area contributed by atoms with Gasteiger partial charge in [0.25, 0.3) is 5.91 Å². The summed E-state index contributed by atoms with van der Waals surface area (Å²) in [7, 11) is 0. The molecule has 3 aromatic carbocycles. The summed E-state index contributed by atoms with van der Waals surface area (Å²) in [5.41, 5.74) is 6.70. The van der Waals surface area contributed by atoms with Gasteiger partial charge in [-0.25, -0.2) is 5.43 Å². The molecule has 1 N–H and O–H groups in total. The van der Waals surface area contributed by atoms with E-state index >= 15 is 0 Å². The Hall–Kier alpha value is -2.34. The molecule has 4 nitrogen and oxygen atoms in total. The van der Waals surface area contributed by atoms with Gasteiger partial charge in [-0.3, -0.25) is 4.79 Å². The van der Waals surface area contributed by atoms with Gasteiger partial charge in [-0.15, -0.1) is 0 Å². The number of benzene rings is 3. The molecule has 0 fully saturated rings. The summed E-state index contributed by atoms with van der Waals surface area (Å²) in [4.78, 5) is 12.2. The van der Waals surface area contributed by atoms with Crippen molar-refractivity contribution in [2.24, 2.45) is 5.10 Å². The van der Waals surface area contributed by atoms with Crippen molar-refractivity contribution in [2.45, 2.75) is 20.5 Å². The van der Waals surface area contributed by atoms with Crippen LogP contribution >= 0.6 is 39.1 Å². The Morgan fingerprint density at radius 3 is 2.37 bits per heavy atom. The normalized spacial score (nSPS) is 11.0. The lowest BCUT2D eigenvalue weighted by Crippen LogP contribution is -2.18. The zero-order valence-corrected chi connectivity index (χ0v) is 19.5. The molecular weight excluding hydrogens is 487 g/mol. The number of aryl methyl sites for hydroxylation is 2. The minimum Gasteiger partial charge on any atom is -0.488 e. The molecule has 0 aromatic heterocycles. The Labute approximate surface area is 194 Å². The molecule has 0 saturated heterocycles. The summed E-state index contributed by atoms with van der Waals surface area (Å²) in [5.74, 6) is 0.433. The smallest absolute Gasteiger partial charge is 0.272 e. The van der Waals surface area contributed by atoms with Crippen molar-refractivity contribution in [3.05, 3.63) is 96.9 Å². The number of hydrazone groups is 1. The minimum absolute atomic E-state index is 0.272. The molecule has 0 heterocycles. The van der Waals surface area contributed by atoms with E-state index in [1.54, 1.807) is 18.3 Å². The van der Waals surface area contributed by atoms with Crippen LogP contribution in [0.15, 0.2) is 64.2 Å². The standard InChI is InChI=1S/C23H19BrCl2N2O2/c1-14-9-17(12-27-28-23(29)20-8-7-19(25)11-21(20)26)10-15(2)22(14)30-13-16-3-5-18(24)6-4-16/h3-12H,13H2,1-2H3,(H,28,29)/b27-12-. The second-order valence-corrected chi connectivity index (χ2v) is 8.48. The second kappa shape index (κ2) is 10.1. The van der Waals surface area contributed by atoms with Crippen LogP contribution in [-0.4, -0.2) is 12.1 Å². The molecule has 7 heteroatoms. The Morgan fingerprint density at radius 2 is 1.73 bits per heavy atom. The van der Waals surface area contributed by atoms with Gasteiger partial charge >= 0.3 is 0 Å². The van der Waals surface area contributed by atoms with Crippen molar-refractivity contribution in [3.8, 4) is 5.75 Å². The van der Waals surface area contributed by atoms with Crippen LogP contribution in [0.1, 0.15) is 32.6 Å². The Morgan fingerprint density at radius 1 is 1.07 bits per heavy atom. The van der Waals surface area contributed by atoms with E-state index in [-0.39, 0.29) is 5.02 Å². The van der Waals surface area contributed by atoms with Crippen LogP contribution in [0.3, 0.4) is 0 Å². The molecule has 3 aromatic rings. The highest BCUT2D eigenvalue weighted by molar-refractivity contribution is 9.10. The number of hydrogen-bond acceptors (Lipinski definition) is 3. The van der Waals surface area contributed by atoms with E-state index in [2.05, 4.69) is 26.5 Å². The van der Waals surface area contributed by atoms with Crippen LogP contribution in [0.5, 0.6) is 5.75 Å². The van der Waals surface area contributed by atoms with Gasteiger partial charge in [-0.1, -0.05) is 51.3 Å². The van der Waals surface area contributed by atoms with Crippen molar-refractivity contribution in [2.75, 3.05) is 0 Å². The SMILES string of the molecule is Cc1cc(/C=N\NC(=O)c2ccc(Cl)cc2Cl)cc(C)c1OCc1ccc(Br)cc1. The second-order valence-electron chi connectivity index (χ2n) is 6.72. The van der Waals surface area contributed by atoms with Crippen LogP contribution in [0.4, 0.5) is 0 Å². The number of nitrogens with zero attached hydrogens (tertiary/aromatic N) is 1. The number of carbonyl (C=O) groups excluding carboxylic acids is 1. The highest BCUT2D eigenvalue weighted by atomic mass is 79.9. The third-order valence-electron chi connectivity index (χ3n) is 4.33. The number of nitrogens with one attached hydrogen (secondary N) is 1. The van der Waals surface area contributed by atoms with E-state index in [1.807, 2.05) is 50.2 Å². The van der Waals surface area contributed by atoms with E-state index < -0.39 is 5.91 Å². The first-order valence-electron chi connectivity index (χ1n) is 9.10. The van der Waals surface area contributed by atoms with E-state index in [9.17, 15) is 4.79 Å². The van der Waals surface area contributed by atoms with Crippen molar-refractivity contribution in [3.63, 3.8) is 0 Å². The summed E-state index contributed by atoms with van der Waals surface area (Å²) in [5, 5.41) is 4.77. The molecule has 0 radical (unpaired) electrons. The van der Waals surface area contributed by atoms with Crippen LogP contribution in [0, 0.1) is 13.8 Å². The maximum atomic E-state index is 12.2. The number of ether oxygens (including phenoxy) is 1. The molecule has 0 spiro atoms. The lowest BCUT2D eigenvalue weighted by atomic mass is 10.1. The fraction of sp³-hybridized carbons (Fsp3) is 0.130. The molecule has 0 saturated carbocycles. The van der Waals surface area contributed by atoms with Crippen LogP contribution in [-0.2, 0) is 6.61 Å². The van der Waals surface area contributed by atoms with Gasteiger partial charge in [-0.2, -0.15) is 5.10 Å². The van der Waals surface area contributed by atoms with Gasteiger partial charge in [0.15, 0.2) is 0 Å². The van der Waals surface area contributed by atoms with E-state index in [0.29, 0.717) is 17.2 Å². The van der Waals surface area contributed by atoms with Crippen LogP contribution in [0.2, 0.25) is 10.0 Å². The summed E-state index contributed by atoms with van der Waals surface area (Å²) in [6.45, 7) is 4.45. The first-order chi connectivity index (χ1) is 14.3. The Balaban J connectivity index is 1.65. The van der Waals surface area contributed by atoms with Gasteiger partial charge in [-0.05, 0) is 78.6 Å². The molecular formula is C23H19BrCl2N2O2. The van der Waals surface area contributed by atoms with Crippen LogP contribution in [0.25, 0.3) is 0 Å². The minimum atomic E-state index is -0.407. The average Bonchev–Trinajstić information content (AvgIpc) is 2.68. The molecule has 0 unspecified atom stereocenters. The van der Waals surface area contributed by atoms with Gasteiger partial charge in [0.2, 0.25) is 0 Å². The first-order valence-corrected chi connectivity index (χ1v) is 10.7. The highest BCUT2D eigenvalue weighted by Crippen LogP contribution is 2.26. The number of carbonyl (C=O) groups is 1. The van der Waals surface area contributed by atoms with Crippen molar-refractivity contribution < 1.29 is 9.53 Å². The molecule has 30 heavy (non-hydrogen) atoms. The Kier molecular flexibility index (Phi) is 7.53. The lowest BCUT2D eigenvalue weighted by molar-refractivity contribution is 0.0955. The van der Waals surface area contributed by atoms with E-state index in [4.69, 9.17) is 27.9 Å². The van der Waals surface area contributed by atoms with Crippen LogP contribution < -0.4 is 10.2 Å². The molecule has 0 aliphatic heterocycles. The number of hydrogen-bond donors (Lipinski definition) is 1. The van der Waals surface area contributed by atoms with E-state index in [1.165, 1.54) is 6.07 Å². The maximum absolute atomic E-state index is 12.2. The third kappa shape index (κ3) is 5.85. The fourth-order valence-electron chi connectivity index (χ4n) is 2.92.